The van der Waals surface area contributed by atoms with Crippen molar-refractivity contribution in [1.82, 2.24) is 30.4 Å². The third-order valence-corrected chi connectivity index (χ3v) is 5.59. The molecule has 3 N–H and O–H groups in total. The molecule has 0 aromatic carbocycles. The van der Waals surface area contributed by atoms with Crippen molar-refractivity contribution in [3.63, 3.8) is 0 Å². The number of nitrogens with zero attached hydrogens (tertiary/aromatic N) is 3. The van der Waals surface area contributed by atoms with Gasteiger partial charge in [0.1, 0.15) is 5.69 Å². The maximum Gasteiger partial charge on any atom is 0.116 e. The molecule has 0 radical (unpaired) electrons. The van der Waals surface area contributed by atoms with Gasteiger partial charge < -0.3 is 4.98 Å². The van der Waals surface area contributed by atoms with Crippen LogP contribution in [0.25, 0.3) is 51.3 Å². The largest absolute Gasteiger partial charge is 0.353 e. The highest BCUT2D eigenvalue weighted by Gasteiger charge is 2.13. The number of aromatic amines is 3. The van der Waals surface area contributed by atoms with Crippen LogP contribution in [0, 0.1) is 0 Å². The fourth-order valence-electron chi connectivity index (χ4n) is 3.43. The van der Waals surface area contributed by atoms with Gasteiger partial charge in [0.15, 0.2) is 0 Å². The first-order chi connectivity index (χ1) is 14.2. The lowest BCUT2D eigenvalue weighted by Crippen LogP contribution is -2.23. The topological polar surface area (TPSA) is 86.0 Å². The summed E-state index contributed by atoms with van der Waals surface area (Å²) in [5.74, 6) is 0. The van der Waals surface area contributed by atoms with Gasteiger partial charge >= 0.3 is 0 Å². The van der Waals surface area contributed by atoms with Crippen LogP contribution in [0.15, 0.2) is 54.1 Å². The molecule has 0 saturated carbocycles. The first-order valence-corrected chi connectivity index (χ1v) is 10.1. The molecule has 7 heteroatoms. The molecule has 0 amide bonds. The Bertz CT molecular complexity index is 1420. The highest BCUT2D eigenvalue weighted by Crippen LogP contribution is 2.30. The average Bonchev–Trinajstić information content (AvgIpc) is 3.54. The Morgan fingerprint density at radius 2 is 2.17 bits per heavy atom. The second-order valence-electron chi connectivity index (χ2n) is 6.66. The lowest BCUT2D eigenvalue weighted by molar-refractivity contribution is 1.06. The zero-order chi connectivity index (χ0) is 19.8. The van der Waals surface area contributed by atoms with Crippen molar-refractivity contribution in [2.24, 2.45) is 0 Å². The van der Waals surface area contributed by atoms with Crippen molar-refractivity contribution in [2.75, 3.05) is 0 Å². The summed E-state index contributed by atoms with van der Waals surface area (Å²) >= 11 is 1.67. The number of allylic oxidation sites excluding steroid dienone is 1. The predicted molar refractivity (Wildman–Crippen MR) is 118 cm³/mol. The van der Waals surface area contributed by atoms with Crippen LogP contribution in [-0.4, -0.2) is 30.4 Å². The third-order valence-electron chi connectivity index (χ3n) is 4.91. The first-order valence-electron chi connectivity index (χ1n) is 9.16. The standard InChI is InChI=1S/C22H18N6S/c1-3-18-16(8-13(2)15-10-24-25-11-15)22(28-27-18)20-9-17-19(26-20)4-6-23-21(17)14-5-7-29-12-14/h3-12,26-27H,2H2,1H3,(H,24,25)/b16-8+,18-3+. The Morgan fingerprint density at radius 3 is 2.93 bits per heavy atom. The Morgan fingerprint density at radius 1 is 1.24 bits per heavy atom. The molecule has 5 heterocycles. The van der Waals surface area contributed by atoms with Gasteiger partial charge in [0.25, 0.3) is 0 Å². The molecule has 0 bridgehead atoms. The van der Waals surface area contributed by atoms with E-state index in [0.717, 1.165) is 55.3 Å². The molecule has 0 aliphatic carbocycles. The van der Waals surface area contributed by atoms with Gasteiger partial charge in [-0.1, -0.05) is 12.7 Å². The van der Waals surface area contributed by atoms with Crippen LogP contribution in [0.2, 0.25) is 0 Å². The summed E-state index contributed by atoms with van der Waals surface area (Å²) in [4.78, 5) is 8.10. The van der Waals surface area contributed by atoms with Gasteiger partial charge in [0, 0.05) is 45.0 Å². The summed E-state index contributed by atoms with van der Waals surface area (Å²) in [6.07, 6.45) is 9.46. The van der Waals surface area contributed by atoms with Gasteiger partial charge in [-0.2, -0.15) is 21.5 Å². The van der Waals surface area contributed by atoms with Crippen molar-refractivity contribution in [1.29, 1.82) is 0 Å². The van der Waals surface area contributed by atoms with E-state index in [1.54, 1.807) is 17.5 Å². The molecular weight excluding hydrogens is 380 g/mol. The van der Waals surface area contributed by atoms with E-state index in [9.17, 15) is 0 Å². The van der Waals surface area contributed by atoms with E-state index in [0.29, 0.717) is 0 Å². The third kappa shape index (κ3) is 3.01. The SMILES string of the molecule is C=C(/C=c1/c(-c2cc3c(-c4ccsc4)nccc3[nH]2)n[nH]/c1=C/C)c1cn[nH]c1. The molecule has 0 aliphatic rings. The second kappa shape index (κ2) is 7.03. The molecule has 0 unspecified atom stereocenters. The maximum absolute atomic E-state index is 4.60. The minimum absolute atomic E-state index is 0.843. The minimum atomic E-state index is 0.843. The van der Waals surface area contributed by atoms with E-state index in [2.05, 4.69) is 59.8 Å². The summed E-state index contributed by atoms with van der Waals surface area (Å²) in [6, 6.07) is 6.19. The minimum Gasteiger partial charge on any atom is -0.353 e. The van der Waals surface area contributed by atoms with Gasteiger partial charge in [-0.3, -0.25) is 15.2 Å². The number of thiophene rings is 1. The Hall–Kier alpha value is -3.71. The van der Waals surface area contributed by atoms with Crippen LogP contribution in [-0.2, 0) is 0 Å². The zero-order valence-corrected chi connectivity index (χ0v) is 16.5. The molecule has 6 nitrogen and oxygen atoms in total. The number of H-pyrrole nitrogens is 3. The van der Waals surface area contributed by atoms with Crippen molar-refractivity contribution >= 4 is 40.0 Å². The van der Waals surface area contributed by atoms with E-state index in [-0.39, 0.29) is 0 Å². The smallest absolute Gasteiger partial charge is 0.116 e. The maximum atomic E-state index is 4.60. The lowest BCUT2D eigenvalue weighted by atomic mass is 10.1. The van der Waals surface area contributed by atoms with Gasteiger partial charge in [-0.05, 0) is 42.2 Å². The molecule has 0 spiro atoms. The van der Waals surface area contributed by atoms with Gasteiger partial charge in [0.05, 0.1) is 22.9 Å². The number of nitrogens with one attached hydrogen (secondary N) is 3. The van der Waals surface area contributed by atoms with Gasteiger partial charge in [-0.25, -0.2) is 0 Å². The summed E-state index contributed by atoms with van der Waals surface area (Å²) in [5, 5.41) is 21.7. The highest BCUT2D eigenvalue weighted by atomic mass is 32.1. The summed E-state index contributed by atoms with van der Waals surface area (Å²) in [5.41, 5.74) is 6.70. The molecule has 29 heavy (non-hydrogen) atoms. The number of pyridine rings is 1. The number of aromatic nitrogens is 6. The van der Waals surface area contributed by atoms with Crippen molar-refractivity contribution in [3.8, 4) is 22.6 Å². The van der Waals surface area contributed by atoms with Crippen LogP contribution in [0.1, 0.15) is 12.5 Å². The van der Waals surface area contributed by atoms with Gasteiger partial charge in [-0.15, -0.1) is 0 Å². The summed E-state index contributed by atoms with van der Waals surface area (Å²) in [6.45, 7) is 6.17. The number of rotatable bonds is 4. The summed E-state index contributed by atoms with van der Waals surface area (Å²) < 4.78 is 0. The monoisotopic (exact) mass is 398 g/mol. The van der Waals surface area contributed by atoms with Crippen molar-refractivity contribution in [3.05, 3.63) is 70.3 Å². The Kier molecular flexibility index (Phi) is 4.22. The normalized spacial score (nSPS) is 12.9. The molecule has 0 atom stereocenters. The molecule has 142 valence electrons. The van der Waals surface area contributed by atoms with Crippen LogP contribution in [0.5, 0.6) is 0 Å². The fourth-order valence-corrected chi connectivity index (χ4v) is 4.07. The first kappa shape index (κ1) is 17.4. The van der Waals surface area contributed by atoms with Crippen LogP contribution in [0.3, 0.4) is 0 Å². The van der Waals surface area contributed by atoms with Crippen LogP contribution in [0.4, 0.5) is 0 Å². The molecular formula is C22H18N6S. The van der Waals surface area contributed by atoms with Gasteiger partial charge in [0.2, 0.25) is 0 Å². The quantitative estimate of drug-likeness (QED) is 0.431. The van der Waals surface area contributed by atoms with Crippen LogP contribution < -0.4 is 10.6 Å². The van der Waals surface area contributed by atoms with Crippen molar-refractivity contribution < 1.29 is 0 Å². The van der Waals surface area contributed by atoms with E-state index in [4.69, 9.17) is 0 Å². The Balaban J connectivity index is 1.70. The average molecular weight is 398 g/mol. The van der Waals surface area contributed by atoms with Crippen LogP contribution >= 0.6 is 11.3 Å². The van der Waals surface area contributed by atoms with Crippen molar-refractivity contribution in [2.45, 2.75) is 6.92 Å². The molecule has 0 fully saturated rings. The summed E-state index contributed by atoms with van der Waals surface area (Å²) in [7, 11) is 0. The lowest BCUT2D eigenvalue weighted by Gasteiger charge is -1.98. The zero-order valence-electron chi connectivity index (χ0n) is 15.7. The van der Waals surface area contributed by atoms with E-state index in [1.807, 2.05) is 37.5 Å². The predicted octanol–water partition coefficient (Wildman–Crippen LogP) is 3.70. The molecule has 0 aliphatic heterocycles. The van der Waals surface area contributed by atoms with E-state index < -0.39 is 0 Å². The van der Waals surface area contributed by atoms with E-state index in [1.165, 1.54) is 0 Å². The highest BCUT2D eigenvalue weighted by molar-refractivity contribution is 7.08. The molecule has 5 aromatic heterocycles. The van der Waals surface area contributed by atoms with E-state index >= 15 is 0 Å². The molecule has 5 aromatic rings. The second-order valence-corrected chi connectivity index (χ2v) is 7.44. The number of hydrogen-bond donors (Lipinski definition) is 3. The number of hydrogen-bond acceptors (Lipinski definition) is 4. The number of fused-ring (bicyclic) bond motifs is 1. The fraction of sp³-hybridized carbons (Fsp3) is 0.0455. The Labute approximate surface area is 170 Å². The molecule has 5 rings (SSSR count). The molecule has 0 saturated heterocycles.